The van der Waals surface area contributed by atoms with E-state index in [1.807, 2.05) is 31.2 Å². The van der Waals surface area contributed by atoms with Gasteiger partial charge in [0, 0.05) is 29.9 Å². The fourth-order valence-corrected chi connectivity index (χ4v) is 4.22. The third kappa shape index (κ3) is 4.31. The molecule has 3 rings (SSSR count). The van der Waals surface area contributed by atoms with Gasteiger partial charge in [0.25, 0.3) is 0 Å². The van der Waals surface area contributed by atoms with E-state index in [0.717, 1.165) is 17.7 Å². The SMILES string of the molecule is CCc1ccccc1N1C[C@@H](C(=O)O[C@@H](C)C(=O)c2[nH]c(C)c(C(C)=O)c2C)CC1=O. The van der Waals surface area contributed by atoms with E-state index in [9.17, 15) is 19.2 Å². The molecule has 1 fully saturated rings. The van der Waals surface area contributed by atoms with Crippen LogP contribution in [0.15, 0.2) is 24.3 Å². The molecule has 1 amide bonds. The molecule has 1 N–H and O–H groups in total. The van der Waals surface area contributed by atoms with Gasteiger partial charge in [-0.1, -0.05) is 25.1 Å². The maximum absolute atomic E-state index is 12.8. The van der Waals surface area contributed by atoms with Crippen LogP contribution in [-0.2, 0) is 20.7 Å². The highest BCUT2D eigenvalue weighted by Crippen LogP contribution is 2.29. The number of nitrogens with one attached hydrogen (secondary N) is 1. The van der Waals surface area contributed by atoms with Crippen LogP contribution in [0.4, 0.5) is 5.69 Å². The minimum atomic E-state index is -1.03. The molecule has 164 valence electrons. The number of H-pyrrole nitrogens is 1. The zero-order valence-electron chi connectivity index (χ0n) is 18.6. The number of ether oxygens (including phenoxy) is 1. The first-order valence-corrected chi connectivity index (χ1v) is 10.5. The molecule has 1 saturated heterocycles. The van der Waals surface area contributed by atoms with Crippen molar-refractivity contribution in [2.45, 2.75) is 53.6 Å². The van der Waals surface area contributed by atoms with Crippen molar-refractivity contribution >= 4 is 29.1 Å². The molecule has 2 heterocycles. The Balaban J connectivity index is 1.71. The smallest absolute Gasteiger partial charge is 0.312 e. The van der Waals surface area contributed by atoms with Crippen molar-refractivity contribution in [3.63, 3.8) is 0 Å². The number of aromatic nitrogens is 1. The van der Waals surface area contributed by atoms with E-state index in [1.165, 1.54) is 13.8 Å². The van der Waals surface area contributed by atoms with E-state index in [2.05, 4.69) is 4.98 Å². The minimum Gasteiger partial charge on any atom is -0.454 e. The summed E-state index contributed by atoms with van der Waals surface area (Å²) in [7, 11) is 0. The second-order valence-electron chi connectivity index (χ2n) is 8.01. The molecular formula is C24H28N2O5. The molecule has 0 spiro atoms. The van der Waals surface area contributed by atoms with Gasteiger partial charge in [0.1, 0.15) is 0 Å². The van der Waals surface area contributed by atoms with Gasteiger partial charge in [-0.3, -0.25) is 19.2 Å². The molecule has 0 aliphatic carbocycles. The molecule has 2 atom stereocenters. The first-order valence-electron chi connectivity index (χ1n) is 10.5. The van der Waals surface area contributed by atoms with Crippen molar-refractivity contribution in [2.75, 3.05) is 11.4 Å². The predicted octanol–water partition coefficient (Wildman–Crippen LogP) is 3.56. The van der Waals surface area contributed by atoms with Gasteiger partial charge < -0.3 is 14.6 Å². The minimum absolute atomic E-state index is 0.0485. The normalized spacial score (nSPS) is 17.0. The van der Waals surface area contributed by atoms with Crippen LogP contribution in [0, 0.1) is 19.8 Å². The summed E-state index contributed by atoms with van der Waals surface area (Å²) in [5.74, 6) is -1.88. The van der Waals surface area contributed by atoms with Gasteiger partial charge in [-0.2, -0.15) is 0 Å². The largest absolute Gasteiger partial charge is 0.454 e. The number of hydrogen-bond acceptors (Lipinski definition) is 5. The third-order valence-corrected chi connectivity index (χ3v) is 5.82. The quantitative estimate of drug-likeness (QED) is 0.541. The number of para-hydroxylation sites is 1. The molecule has 7 heteroatoms. The fourth-order valence-electron chi connectivity index (χ4n) is 4.22. The Morgan fingerprint density at radius 3 is 2.52 bits per heavy atom. The van der Waals surface area contributed by atoms with Crippen LogP contribution in [0.25, 0.3) is 0 Å². The second-order valence-corrected chi connectivity index (χ2v) is 8.01. The molecule has 1 aliphatic heterocycles. The van der Waals surface area contributed by atoms with Crippen molar-refractivity contribution < 1.29 is 23.9 Å². The average molecular weight is 424 g/mol. The molecule has 7 nitrogen and oxygen atoms in total. The summed E-state index contributed by atoms with van der Waals surface area (Å²) in [4.78, 5) is 54.5. The van der Waals surface area contributed by atoms with Crippen LogP contribution in [-0.4, -0.2) is 41.1 Å². The molecule has 31 heavy (non-hydrogen) atoms. The summed E-state index contributed by atoms with van der Waals surface area (Å²) in [6, 6.07) is 7.62. The Bertz CT molecular complexity index is 1050. The molecule has 2 aromatic rings. The van der Waals surface area contributed by atoms with Gasteiger partial charge in [0.15, 0.2) is 11.9 Å². The van der Waals surface area contributed by atoms with Gasteiger partial charge in [0.05, 0.1) is 11.6 Å². The summed E-state index contributed by atoms with van der Waals surface area (Å²) in [6.07, 6.45) is -0.207. The number of rotatable bonds is 7. The second kappa shape index (κ2) is 8.88. The molecule has 1 aliphatic rings. The zero-order valence-corrected chi connectivity index (χ0v) is 18.6. The van der Waals surface area contributed by atoms with E-state index in [4.69, 9.17) is 4.74 Å². The highest BCUT2D eigenvalue weighted by atomic mass is 16.5. The van der Waals surface area contributed by atoms with Crippen molar-refractivity contribution in [1.29, 1.82) is 0 Å². The van der Waals surface area contributed by atoms with Crippen molar-refractivity contribution in [3.05, 3.63) is 52.3 Å². The van der Waals surface area contributed by atoms with Gasteiger partial charge in [-0.05, 0) is 51.3 Å². The Morgan fingerprint density at radius 2 is 1.90 bits per heavy atom. The number of carbonyl (C=O) groups is 4. The lowest BCUT2D eigenvalue weighted by Crippen LogP contribution is -2.31. The Hall–Kier alpha value is -3.22. The van der Waals surface area contributed by atoms with Crippen LogP contribution in [0.1, 0.15) is 64.9 Å². The number of hydrogen-bond donors (Lipinski definition) is 1. The van der Waals surface area contributed by atoms with Crippen LogP contribution in [0.5, 0.6) is 0 Å². The van der Waals surface area contributed by atoms with Gasteiger partial charge >= 0.3 is 5.97 Å². The molecule has 0 saturated carbocycles. The molecular weight excluding hydrogens is 396 g/mol. The first-order chi connectivity index (χ1) is 14.6. The number of amides is 1. The topological polar surface area (TPSA) is 96.5 Å². The number of carbonyl (C=O) groups excluding carboxylic acids is 4. The number of benzene rings is 1. The summed E-state index contributed by atoms with van der Waals surface area (Å²) >= 11 is 0. The molecule has 1 aromatic heterocycles. The molecule has 0 unspecified atom stereocenters. The van der Waals surface area contributed by atoms with E-state index >= 15 is 0 Å². The summed E-state index contributed by atoms with van der Waals surface area (Å²) in [6.45, 7) is 8.61. The lowest BCUT2D eigenvalue weighted by molar-refractivity contribution is -0.151. The van der Waals surface area contributed by atoms with Crippen LogP contribution in [0.3, 0.4) is 0 Å². The first kappa shape index (κ1) is 22.5. The highest BCUT2D eigenvalue weighted by Gasteiger charge is 2.38. The van der Waals surface area contributed by atoms with Crippen molar-refractivity contribution in [3.8, 4) is 0 Å². The van der Waals surface area contributed by atoms with Crippen LogP contribution in [0.2, 0.25) is 0 Å². The number of Topliss-reactive ketones (excluding diaryl/α,β-unsaturated/α-hetero) is 2. The van der Waals surface area contributed by atoms with E-state index in [0.29, 0.717) is 16.8 Å². The van der Waals surface area contributed by atoms with E-state index < -0.39 is 23.8 Å². The third-order valence-electron chi connectivity index (χ3n) is 5.82. The average Bonchev–Trinajstić information content (AvgIpc) is 3.26. The maximum atomic E-state index is 12.8. The monoisotopic (exact) mass is 424 g/mol. The van der Waals surface area contributed by atoms with E-state index in [1.54, 1.807) is 18.7 Å². The maximum Gasteiger partial charge on any atom is 0.312 e. The Labute approximate surface area is 181 Å². The zero-order chi connectivity index (χ0) is 22.9. The predicted molar refractivity (Wildman–Crippen MR) is 116 cm³/mol. The van der Waals surface area contributed by atoms with E-state index in [-0.39, 0.29) is 30.3 Å². The number of anilines is 1. The van der Waals surface area contributed by atoms with Crippen molar-refractivity contribution in [2.24, 2.45) is 5.92 Å². The molecule has 0 radical (unpaired) electrons. The number of aromatic amines is 1. The van der Waals surface area contributed by atoms with Crippen molar-refractivity contribution in [1.82, 2.24) is 4.98 Å². The van der Waals surface area contributed by atoms with Gasteiger partial charge in [-0.25, -0.2) is 0 Å². The molecule has 0 bridgehead atoms. The summed E-state index contributed by atoms with van der Waals surface area (Å²) in [5, 5.41) is 0. The van der Waals surface area contributed by atoms with Crippen LogP contribution >= 0.6 is 0 Å². The summed E-state index contributed by atoms with van der Waals surface area (Å²) < 4.78 is 5.43. The standard InChI is InChI=1S/C24H28N2O5/c1-6-17-9-7-8-10-19(17)26-12-18(11-20(26)28)24(30)31-16(5)23(29)22-13(2)21(15(4)27)14(3)25-22/h7-10,16,18,25H,6,11-12H2,1-5H3/t16-,18-/m0/s1. The Morgan fingerprint density at radius 1 is 1.23 bits per heavy atom. The number of ketones is 2. The summed E-state index contributed by atoms with van der Waals surface area (Å²) in [5.41, 5.74) is 3.75. The van der Waals surface area contributed by atoms with Gasteiger partial charge in [-0.15, -0.1) is 0 Å². The number of aryl methyl sites for hydroxylation is 2. The van der Waals surface area contributed by atoms with Crippen LogP contribution < -0.4 is 4.90 Å². The lowest BCUT2D eigenvalue weighted by atomic mass is 10.0. The van der Waals surface area contributed by atoms with Gasteiger partial charge in [0.2, 0.25) is 11.7 Å². The number of nitrogens with zero attached hydrogens (tertiary/aromatic N) is 1. The lowest BCUT2D eigenvalue weighted by Gasteiger charge is -2.20. The highest BCUT2D eigenvalue weighted by molar-refractivity contribution is 6.05. The Kier molecular flexibility index (Phi) is 6.43. The fraction of sp³-hybridized carbons (Fsp3) is 0.417. The number of esters is 1. The molecule has 1 aromatic carbocycles.